The third-order valence-electron chi connectivity index (χ3n) is 10.9. The molecular formula is C48H94N2O7. The highest BCUT2D eigenvalue weighted by Crippen LogP contribution is 2.16. The maximum absolute atomic E-state index is 12.8. The number of rotatable bonds is 46. The maximum Gasteiger partial charge on any atom is 0.407 e. The average molecular weight is 811 g/mol. The van der Waals surface area contributed by atoms with Crippen LogP contribution in [0.25, 0.3) is 0 Å². The number of ether oxygens (including phenoxy) is 4. The first kappa shape index (κ1) is 55.1. The standard InChI is InChI=1S/C48H94N2O7/c1-4-6-8-10-12-14-16-18-20-22-23-25-27-29-31-33-37-46(51)50-45(44-57-48(53)49-39-35-36-40-55-42-41-54-3)43-56-47(52)38-34-32-30-28-26-24-21-19-17-15-13-11-9-7-5-2/h45H,4-44H2,1-3H3,(H,49,53)(H,50,51). The molecule has 0 aromatic rings. The van der Waals surface area contributed by atoms with E-state index in [1.807, 2.05) is 0 Å². The molecule has 338 valence electrons. The van der Waals surface area contributed by atoms with Crippen LogP contribution in [0.3, 0.4) is 0 Å². The molecule has 0 aromatic heterocycles. The zero-order chi connectivity index (χ0) is 41.5. The molecule has 9 nitrogen and oxygen atoms in total. The molecule has 0 spiro atoms. The number of methoxy groups -OCH3 is 1. The van der Waals surface area contributed by atoms with E-state index in [0.29, 0.717) is 39.2 Å². The van der Waals surface area contributed by atoms with E-state index in [1.165, 1.54) is 161 Å². The Kier molecular flexibility index (Phi) is 45.3. The van der Waals surface area contributed by atoms with E-state index in [2.05, 4.69) is 24.5 Å². The van der Waals surface area contributed by atoms with Gasteiger partial charge in [0.25, 0.3) is 0 Å². The minimum atomic E-state index is -0.580. The summed E-state index contributed by atoms with van der Waals surface area (Å²) in [5.74, 6) is -0.361. The molecular weight excluding hydrogens is 717 g/mol. The van der Waals surface area contributed by atoms with Crippen LogP contribution in [0.2, 0.25) is 0 Å². The predicted octanol–water partition coefficient (Wildman–Crippen LogP) is 13.1. The second-order valence-corrected chi connectivity index (χ2v) is 16.5. The third-order valence-corrected chi connectivity index (χ3v) is 10.9. The van der Waals surface area contributed by atoms with Crippen LogP contribution in [0.4, 0.5) is 4.79 Å². The van der Waals surface area contributed by atoms with Crippen molar-refractivity contribution in [3.8, 4) is 0 Å². The Morgan fingerprint density at radius 3 is 1.28 bits per heavy atom. The molecule has 1 unspecified atom stereocenters. The predicted molar refractivity (Wildman–Crippen MR) is 238 cm³/mol. The molecule has 0 saturated carbocycles. The highest BCUT2D eigenvalue weighted by Gasteiger charge is 2.17. The van der Waals surface area contributed by atoms with Crippen LogP contribution in [-0.4, -0.2) is 70.7 Å². The molecule has 1 atom stereocenters. The monoisotopic (exact) mass is 811 g/mol. The number of carbonyl (C=O) groups is 3. The summed E-state index contributed by atoms with van der Waals surface area (Å²) in [6.45, 7) is 6.69. The Hall–Kier alpha value is -1.87. The van der Waals surface area contributed by atoms with Crippen molar-refractivity contribution in [1.29, 1.82) is 0 Å². The fourth-order valence-corrected chi connectivity index (χ4v) is 7.16. The minimum Gasteiger partial charge on any atom is -0.463 e. The number of nitrogens with one attached hydrogen (secondary N) is 2. The highest BCUT2D eigenvalue weighted by molar-refractivity contribution is 5.76. The molecule has 9 heteroatoms. The van der Waals surface area contributed by atoms with Crippen molar-refractivity contribution in [1.82, 2.24) is 10.6 Å². The van der Waals surface area contributed by atoms with Gasteiger partial charge in [-0.15, -0.1) is 0 Å². The van der Waals surface area contributed by atoms with Gasteiger partial charge in [0.2, 0.25) is 5.91 Å². The maximum atomic E-state index is 12.8. The summed E-state index contributed by atoms with van der Waals surface area (Å²) >= 11 is 0. The molecule has 2 amide bonds. The van der Waals surface area contributed by atoms with E-state index in [0.717, 1.165) is 51.4 Å². The van der Waals surface area contributed by atoms with E-state index < -0.39 is 12.1 Å². The zero-order valence-electron chi connectivity index (χ0n) is 37.9. The van der Waals surface area contributed by atoms with Crippen LogP contribution >= 0.6 is 0 Å². The Morgan fingerprint density at radius 2 is 0.842 bits per heavy atom. The normalized spacial score (nSPS) is 11.8. The number of hydrogen-bond donors (Lipinski definition) is 2. The summed E-state index contributed by atoms with van der Waals surface area (Å²) in [6, 6.07) is -0.580. The van der Waals surface area contributed by atoms with E-state index in [9.17, 15) is 14.4 Å². The lowest BCUT2D eigenvalue weighted by molar-refractivity contribution is -0.145. The first-order chi connectivity index (χ1) is 28.0. The molecule has 0 aliphatic rings. The van der Waals surface area contributed by atoms with Crippen LogP contribution in [0.15, 0.2) is 0 Å². The van der Waals surface area contributed by atoms with E-state index in [1.54, 1.807) is 7.11 Å². The average Bonchev–Trinajstić information content (AvgIpc) is 3.21. The lowest BCUT2D eigenvalue weighted by Crippen LogP contribution is -2.43. The van der Waals surface area contributed by atoms with E-state index in [-0.39, 0.29) is 25.1 Å². The molecule has 0 radical (unpaired) electrons. The molecule has 0 fully saturated rings. The van der Waals surface area contributed by atoms with Crippen LogP contribution in [-0.2, 0) is 28.5 Å². The van der Waals surface area contributed by atoms with Crippen molar-refractivity contribution in [2.24, 2.45) is 0 Å². The molecule has 57 heavy (non-hydrogen) atoms. The van der Waals surface area contributed by atoms with Crippen molar-refractivity contribution < 1.29 is 33.3 Å². The smallest absolute Gasteiger partial charge is 0.407 e. The topological polar surface area (TPSA) is 112 Å². The summed E-state index contributed by atoms with van der Waals surface area (Å²) in [5, 5.41) is 5.71. The van der Waals surface area contributed by atoms with Gasteiger partial charge < -0.3 is 29.6 Å². The molecule has 0 aromatic carbocycles. The summed E-state index contributed by atoms with van der Waals surface area (Å²) in [7, 11) is 1.64. The van der Waals surface area contributed by atoms with Crippen molar-refractivity contribution >= 4 is 18.0 Å². The van der Waals surface area contributed by atoms with Crippen LogP contribution in [0.5, 0.6) is 0 Å². The van der Waals surface area contributed by atoms with Gasteiger partial charge in [-0.2, -0.15) is 0 Å². The van der Waals surface area contributed by atoms with E-state index in [4.69, 9.17) is 18.9 Å². The van der Waals surface area contributed by atoms with Crippen molar-refractivity contribution in [3.63, 3.8) is 0 Å². The summed E-state index contributed by atoms with van der Waals surface area (Å²) in [4.78, 5) is 37.7. The fraction of sp³-hybridized carbons (Fsp3) is 0.938. The second kappa shape index (κ2) is 46.8. The summed E-state index contributed by atoms with van der Waals surface area (Å²) < 4.78 is 21.4. The van der Waals surface area contributed by atoms with Crippen molar-refractivity contribution in [2.45, 2.75) is 245 Å². The lowest BCUT2D eigenvalue weighted by Gasteiger charge is -2.19. The van der Waals surface area contributed by atoms with Gasteiger partial charge in [0, 0.05) is 33.1 Å². The number of alkyl carbamates (subject to hydrolysis) is 1. The fourth-order valence-electron chi connectivity index (χ4n) is 7.16. The molecule has 0 bridgehead atoms. The van der Waals surface area contributed by atoms with Gasteiger partial charge in [-0.05, 0) is 25.7 Å². The number of carbonyl (C=O) groups excluding carboxylic acids is 3. The number of unbranched alkanes of at least 4 members (excludes halogenated alkanes) is 30. The van der Waals surface area contributed by atoms with Crippen molar-refractivity contribution in [2.75, 3.05) is 46.7 Å². The highest BCUT2D eigenvalue weighted by atomic mass is 16.6. The summed E-state index contributed by atoms with van der Waals surface area (Å²) in [6.07, 6.45) is 41.6. The van der Waals surface area contributed by atoms with Crippen molar-refractivity contribution in [3.05, 3.63) is 0 Å². The number of amides is 2. The Morgan fingerprint density at radius 1 is 0.439 bits per heavy atom. The molecule has 0 aliphatic heterocycles. The molecule has 0 rings (SSSR count). The molecule has 0 saturated heterocycles. The van der Waals surface area contributed by atoms with Gasteiger partial charge in [0.15, 0.2) is 0 Å². The van der Waals surface area contributed by atoms with Crippen LogP contribution < -0.4 is 10.6 Å². The Bertz CT molecular complexity index is 859. The number of esters is 1. The molecule has 2 N–H and O–H groups in total. The van der Waals surface area contributed by atoms with Gasteiger partial charge in [-0.1, -0.05) is 200 Å². The van der Waals surface area contributed by atoms with Crippen LogP contribution in [0, 0.1) is 0 Å². The third kappa shape index (κ3) is 45.1. The number of hydrogen-bond acceptors (Lipinski definition) is 7. The zero-order valence-corrected chi connectivity index (χ0v) is 37.9. The summed E-state index contributed by atoms with van der Waals surface area (Å²) in [5.41, 5.74) is 0. The van der Waals surface area contributed by atoms with Gasteiger partial charge in [0.1, 0.15) is 13.2 Å². The molecule has 0 aliphatic carbocycles. The van der Waals surface area contributed by atoms with Gasteiger partial charge in [-0.3, -0.25) is 9.59 Å². The lowest BCUT2D eigenvalue weighted by atomic mass is 10.0. The van der Waals surface area contributed by atoms with Crippen LogP contribution in [0.1, 0.15) is 239 Å². The van der Waals surface area contributed by atoms with Gasteiger partial charge in [-0.25, -0.2) is 4.79 Å². The van der Waals surface area contributed by atoms with Gasteiger partial charge >= 0.3 is 12.1 Å². The molecule has 0 heterocycles. The first-order valence-electron chi connectivity index (χ1n) is 24.5. The quantitative estimate of drug-likeness (QED) is 0.0465. The Labute approximate surface area is 352 Å². The van der Waals surface area contributed by atoms with Gasteiger partial charge in [0.05, 0.1) is 19.3 Å². The first-order valence-corrected chi connectivity index (χ1v) is 24.5. The minimum absolute atomic E-state index is 0.00559. The largest absolute Gasteiger partial charge is 0.463 e. The second-order valence-electron chi connectivity index (χ2n) is 16.5. The Balaban J connectivity index is 4.23. The van der Waals surface area contributed by atoms with E-state index >= 15 is 0 Å². The SMILES string of the molecule is CCCCCCCCCCCCCCCCCCC(=O)NC(COC(=O)CCCCCCCCCCCCCCCCC)COC(=O)NCCCCOCCOC.